The molecule has 2 N–H and O–H groups in total. The van der Waals surface area contributed by atoms with Crippen LogP contribution in [0.25, 0.3) is 0 Å². The number of nitrogens with two attached hydrogens (primary N) is 1. The number of hydrogen-bond acceptors (Lipinski definition) is 2. The van der Waals surface area contributed by atoms with Gasteiger partial charge < -0.3 is 5.73 Å². The van der Waals surface area contributed by atoms with Gasteiger partial charge in [0.25, 0.3) is 0 Å². The van der Waals surface area contributed by atoms with Crippen LogP contribution in [0.15, 0.2) is 0 Å². The Balaban J connectivity index is -0.0000000883. The molecule has 0 aliphatic rings. The Bertz CT molecular complexity index is 107. The monoisotopic (exact) mass is 191 g/mol. The predicted octanol–water partition coefficient (Wildman–Crippen LogP) is 3.25. The minimum absolute atomic E-state index is 0. The van der Waals surface area contributed by atoms with Crippen molar-refractivity contribution >= 4 is 5.78 Å². The Morgan fingerprint density at radius 2 is 1.62 bits per heavy atom. The Hall–Kier alpha value is -0.370. The van der Waals surface area contributed by atoms with E-state index in [0.717, 1.165) is 6.42 Å². The molecular formula is C11H29NO. The summed E-state index contributed by atoms with van der Waals surface area (Å²) in [6.45, 7) is 13.6. The second-order valence-corrected chi connectivity index (χ2v) is 2.52. The number of rotatable bonds is 3. The lowest BCUT2D eigenvalue weighted by molar-refractivity contribution is -0.119. The molecule has 0 fully saturated rings. The van der Waals surface area contributed by atoms with Crippen LogP contribution in [0.3, 0.4) is 0 Å². The topological polar surface area (TPSA) is 43.1 Å². The van der Waals surface area contributed by atoms with Gasteiger partial charge in [0, 0.05) is 1.43 Å². The fourth-order valence-electron chi connectivity index (χ4n) is 0.655. The van der Waals surface area contributed by atoms with Gasteiger partial charge in [-0.05, 0) is 12.8 Å². The summed E-state index contributed by atoms with van der Waals surface area (Å²) < 4.78 is 0. The Morgan fingerprint density at radius 3 is 1.69 bits per heavy atom. The van der Waals surface area contributed by atoms with Gasteiger partial charge in [-0.3, -0.25) is 4.79 Å². The number of Topliss-reactive ketones (excluding diaryl/α,β-unsaturated/α-hetero) is 1. The third kappa shape index (κ3) is 11.6. The van der Waals surface area contributed by atoms with Crippen molar-refractivity contribution in [1.29, 1.82) is 0 Å². The molecule has 2 atom stereocenters. The summed E-state index contributed by atoms with van der Waals surface area (Å²) in [5, 5.41) is 0. The lowest BCUT2D eigenvalue weighted by atomic mass is 9.97. The average Bonchev–Trinajstić information content (AvgIpc) is 2.21. The fraction of sp³-hybridized carbons (Fsp3) is 0.909. The molecular weight excluding hydrogens is 162 g/mol. The van der Waals surface area contributed by atoms with Crippen molar-refractivity contribution in [1.82, 2.24) is 0 Å². The first-order valence-electron chi connectivity index (χ1n) is 5.35. The van der Waals surface area contributed by atoms with E-state index < -0.39 is 0 Å². The zero-order valence-electron chi connectivity index (χ0n) is 10.3. The van der Waals surface area contributed by atoms with Gasteiger partial charge in [-0.2, -0.15) is 0 Å². The molecule has 0 amide bonds. The van der Waals surface area contributed by atoms with Crippen LogP contribution in [0.2, 0.25) is 0 Å². The van der Waals surface area contributed by atoms with E-state index in [1.807, 2.05) is 41.5 Å². The third-order valence-electron chi connectivity index (χ3n) is 1.73. The van der Waals surface area contributed by atoms with Gasteiger partial charge in [0.15, 0.2) is 0 Å². The van der Waals surface area contributed by atoms with Gasteiger partial charge in [-0.25, -0.2) is 0 Å². The summed E-state index contributed by atoms with van der Waals surface area (Å²) in [6, 6.07) is -0.255. The first-order valence-corrected chi connectivity index (χ1v) is 5.35. The van der Waals surface area contributed by atoms with E-state index in [1.54, 1.807) is 0 Å². The predicted molar refractivity (Wildman–Crippen MR) is 62.9 cm³/mol. The summed E-state index contributed by atoms with van der Waals surface area (Å²) >= 11 is 0. The Kier molecular flexibility index (Phi) is 20.1. The van der Waals surface area contributed by atoms with E-state index in [-0.39, 0.29) is 13.3 Å². The van der Waals surface area contributed by atoms with Crippen molar-refractivity contribution < 1.29 is 6.22 Å². The molecule has 0 aliphatic carbocycles. The lowest BCUT2D eigenvalue weighted by Gasteiger charge is -2.13. The molecule has 0 radical (unpaired) electrons. The van der Waals surface area contributed by atoms with Crippen molar-refractivity contribution in [3.05, 3.63) is 0 Å². The number of carbonyl (C=O) groups is 1. The van der Waals surface area contributed by atoms with Gasteiger partial charge in [0.1, 0.15) is 5.78 Å². The highest BCUT2D eigenvalue weighted by Gasteiger charge is 2.14. The molecule has 13 heavy (non-hydrogen) atoms. The summed E-state index contributed by atoms with van der Waals surface area (Å²) in [5.41, 5.74) is 5.52. The molecule has 84 valence electrons. The molecule has 0 rings (SSSR count). The van der Waals surface area contributed by atoms with Crippen molar-refractivity contribution in [2.24, 2.45) is 11.7 Å². The summed E-state index contributed by atoms with van der Waals surface area (Å²) in [7, 11) is 0. The highest BCUT2D eigenvalue weighted by Crippen LogP contribution is 2.04. The first kappa shape index (κ1) is 18.4. The molecule has 0 aromatic carbocycles. The molecule has 0 spiro atoms. The normalized spacial score (nSPS) is 12.6. The van der Waals surface area contributed by atoms with Crippen LogP contribution in [0.5, 0.6) is 0 Å². The highest BCUT2D eigenvalue weighted by atomic mass is 16.1. The fourth-order valence-corrected chi connectivity index (χ4v) is 0.655. The quantitative estimate of drug-likeness (QED) is 0.744. The van der Waals surface area contributed by atoms with Crippen molar-refractivity contribution in [3.8, 4) is 0 Å². The summed E-state index contributed by atoms with van der Waals surface area (Å²) in [5.74, 6) is 0.409. The molecule has 0 aromatic heterocycles. The van der Waals surface area contributed by atoms with Crippen LogP contribution in [0.1, 0.15) is 56.3 Å². The minimum Gasteiger partial charge on any atom is -0.321 e. The molecule has 0 aromatic rings. The SMILES string of the molecule is CC.CC.CC[C@H](C)[C@H](N)C(C)=O.[HH]. The maximum absolute atomic E-state index is 10.6. The third-order valence-corrected chi connectivity index (χ3v) is 1.73. The highest BCUT2D eigenvalue weighted by molar-refractivity contribution is 5.81. The number of hydrogen-bond donors (Lipinski definition) is 1. The molecule has 0 saturated carbocycles. The number of ketones is 1. The molecule has 0 unspecified atom stereocenters. The van der Waals surface area contributed by atoms with E-state index in [4.69, 9.17) is 5.73 Å². The number of carbonyl (C=O) groups excluding carboxylic acids is 1. The molecule has 0 heterocycles. The van der Waals surface area contributed by atoms with Gasteiger partial charge in [0.2, 0.25) is 0 Å². The maximum Gasteiger partial charge on any atom is 0.146 e. The van der Waals surface area contributed by atoms with Crippen LogP contribution in [0.4, 0.5) is 0 Å². The smallest absolute Gasteiger partial charge is 0.146 e. The van der Waals surface area contributed by atoms with Gasteiger partial charge in [0.05, 0.1) is 6.04 Å². The first-order chi connectivity index (χ1) is 6.09. The second kappa shape index (κ2) is 14.2. The van der Waals surface area contributed by atoms with E-state index in [0.29, 0.717) is 5.92 Å². The molecule has 0 saturated heterocycles. The van der Waals surface area contributed by atoms with Crippen molar-refractivity contribution in [2.75, 3.05) is 0 Å². The lowest BCUT2D eigenvalue weighted by Crippen LogP contribution is -2.34. The summed E-state index contributed by atoms with van der Waals surface area (Å²) in [4.78, 5) is 10.6. The molecule has 0 bridgehead atoms. The van der Waals surface area contributed by atoms with Crippen LogP contribution < -0.4 is 5.73 Å². The molecule has 2 heteroatoms. The second-order valence-electron chi connectivity index (χ2n) is 2.52. The zero-order valence-corrected chi connectivity index (χ0v) is 10.3. The molecule has 0 aliphatic heterocycles. The van der Waals surface area contributed by atoms with E-state index in [2.05, 4.69) is 0 Å². The van der Waals surface area contributed by atoms with Gasteiger partial charge in [-0.15, -0.1) is 0 Å². The largest absolute Gasteiger partial charge is 0.321 e. The standard InChI is InChI=1S/C7H15NO.2C2H6.H2/c1-4-5(2)7(8)6(3)9;2*1-2;/h5,7H,4,8H2,1-3H3;2*1-2H3;1H/t5-,7-;;;/m0.../s1. The Morgan fingerprint density at radius 1 is 1.31 bits per heavy atom. The maximum atomic E-state index is 10.6. The van der Waals surface area contributed by atoms with E-state index in [1.165, 1.54) is 6.92 Å². The molecule has 2 nitrogen and oxygen atoms in total. The Labute approximate surface area is 85.4 Å². The van der Waals surface area contributed by atoms with Crippen LogP contribution in [0, 0.1) is 5.92 Å². The van der Waals surface area contributed by atoms with E-state index in [9.17, 15) is 4.79 Å². The van der Waals surface area contributed by atoms with Crippen LogP contribution in [-0.4, -0.2) is 11.8 Å². The minimum atomic E-state index is -0.255. The zero-order chi connectivity index (χ0) is 11.4. The average molecular weight is 191 g/mol. The van der Waals surface area contributed by atoms with Crippen molar-refractivity contribution in [3.63, 3.8) is 0 Å². The van der Waals surface area contributed by atoms with Crippen LogP contribution >= 0.6 is 0 Å². The van der Waals surface area contributed by atoms with Crippen LogP contribution in [-0.2, 0) is 4.79 Å². The van der Waals surface area contributed by atoms with Gasteiger partial charge in [-0.1, -0.05) is 48.0 Å². The van der Waals surface area contributed by atoms with E-state index >= 15 is 0 Å². The van der Waals surface area contributed by atoms with Gasteiger partial charge >= 0.3 is 0 Å². The summed E-state index contributed by atoms with van der Waals surface area (Å²) in [6.07, 6.45) is 0.973. The van der Waals surface area contributed by atoms with Crippen molar-refractivity contribution in [2.45, 2.75) is 60.9 Å².